The lowest BCUT2D eigenvalue weighted by Gasteiger charge is -1.95. The largest absolute Gasteiger partial charge is 0.244 e. The van der Waals surface area contributed by atoms with E-state index in [2.05, 4.69) is 15.2 Å². The van der Waals surface area contributed by atoms with Crippen molar-refractivity contribution in [3.05, 3.63) is 28.5 Å². The lowest BCUT2D eigenvalue weighted by molar-refractivity contribution is 1.05. The molecule has 0 unspecified atom stereocenters. The Labute approximate surface area is 84.4 Å². The highest BCUT2D eigenvalue weighted by Crippen LogP contribution is 2.27. The van der Waals surface area contributed by atoms with Crippen LogP contribution >= 0.6 is 22.9 Å². The minimum atomic E-state index is 0.471. The van der Waals surface area contributed by atoms with Crippen LogP contribution in [0.4, 0.5) is 0 Å². The zero-order valence-electron chi connectivity index (χ0n) is 6.86. The summed E-state index contributed by atoms with van der Waals surface area (Å²) in [7, 11) is 0. The van der Waals surface area contributed by atoms with Crippen LogP contribution < -0.4 is 0 Å². The van der Waals surface area contributed by atoms with Crippen molar-refractivity contribution in [2.75, 3.05) is 0 Å². The smallest absolute Gasteiger partial charge is 0.150 e. The van der Waals surface area contributed by atoms with Gasteiger partial charge in [0.1, 0.15) is 10.2 Å². The summed E-state index contributed by atoms with van der Waals surface area (Å²) in [6.45, 7) is 1.91. The first-order valence-corrected chi connectivity index (χ1v) is 4.88. The molecule has 0 saturated heterocycles. The Morgan fingerprint density at radius 2 is 2.23 bits per heavy atom. The predicted octanol–water partition coefficient (Wildman–Crippen LogP) is 2.56. The zero-order valence-corrected chi connectivity index (χ0v) is 8.43. The average Bonchev–Trinajstić information content (AvgIpc) is 2.53. The van der Waals surface area contributed by atoms with Crippen molar-refractivity contribution < 1.29 is 0 Å². The molecule has 5 heteroatoms. The number of hydrogen-bond donors (Lipinski definition) is 0. The van der Waals surface area contributed by atoms with Crippen LogP contribution in [0.1, 0.15) is 5.01 Å². The van der Waals surface area contributed by atoms with Crippen LogP contribution in [0.2, 0.25) is 5.15 Å². The first-order valence-electron chi connectivity index (χ1n) is 3.68. The number of hydrogen-bond acceptors (Lipinski definition) is 4. The summed E-state index contributed by atoms with van der Waals surface area (Å²) in [6.07, 6.45) is 1.65. The molecule has 0 aliphatic carbocycles. The van der Waals surface area contributed by atoms with Gasteiger partial charge in [-0.1, -0.05) is 22.9 Å². The highest BCUT2D eigenvalue weighted by Gasteiger charge is 2.07. The monoisotopic (exact) mass is 211 g/mol. The highest BCUT2D eigenvalue weighted by atomic mass is 35.5. The molecule has 13 heavy (non-hydrogen) atoms. The van der Waals surface area contributed by atoms with Crippen molar-refractivity contribution >= 4 is 22.9 Å². The van der Waals surface area contributed by atoms with E-state index in [9.17, 15) is 0 Å². The maximum atomic E-state index is 5.90. The Morgan fingerprint density at radius 3 is 2.85 bits per heavy atom. The number of aryl methyl sites for hydroxylation is 1. The van der Waals surface area contributed by atoms with Gasteiger partial charge in [-0.05, 0) is 19.1 Å². The molecule has 0 saturated carbocycles. The predicted molar refractivity (Wildman–Crippen MR) is 52.9 cm³/mol. The molecule has 0 N–H and O–H groups in total. The maximum absolute atomic E-state index is 5.90. The summed E-state index contributed by atoms with van der Waals surface area (Å²) in [5, 5.41) is 10.1. The Kier molecular flexibility index (Phi) is 2.24. The summed E-state index contributed by atoms with van der Waals surface area (Å²) in [6, 6.07) is 3.72. The minimum Gasteiger partial charge on any atom is -0.244 e. The fraction of sp³-hybridized carbons (Fsp3) is 0.125. The molecule has 2 aromatic heterocycles. The molecule has 0 bridgehead atoms. The fourth-order valence-electron chi connectivity index (χ4n) is 0.951. The molecule has 0 amide bonds. The molecule has 0 aliphatic heterocycles. The average molecular weight is 212 g/mol. The summed E-state index contributed by atoms with van der Waals surface area (Å²) >= 11 is 7.40. The second-order valence-corrected chi connectivity index (χ2v) is 4.01. The van der Waals surface area contributed by atoms with Gasteiger partial charge in [0.25, 0.3) is 0 Å². The molecular weight excluding hydrogens is 206 g/mol. The van der Waals surface area contributed by atoms with E-state index in [1.165, 1.54) is 11.3 Å². The molecule has 2 heterocycles. The van der Waals surface area contributed by atoms with E-state index < -0.39 is 0 Å². The SMILES string of the molecule is Cc1nnc(-c2cccnc2Cl)s1. The van der Waals surface area contributed by atoms with Gasteiger partial charge < -0.3 is 0 Å². The van der Waals surface area contributed by atoms with Crippen molar-refractivity contribution in [2.24, 2.45) is 0 Å². The van der Waals surface area contributed by atoms with Gasteiger partial charge in [0.15, 0.2) is 5.01 Å². The van der Waals surface area contributed by atoms with Gasteiger partial charge in [-0.3, -0.25) is 0 Å². The molecule has 2 rings (SSSR count). The Hall–Kier alpha value is -1.00. The van der Waals surface area contributed by atoms with Gasteiger partial charge in [0, 0.05) is 11.8 Å². The molecule has 3 nitrogen and oxygen atoms in total. The van der Waals surface area contributed by atoms with Crippen LogP contribution in [0, 0.1) is 6.92 Å². The van der Waals surface area contributed by atoms with Crippen LogP contribution in [0.3, 0.4) is 0 Å². The van der Waals surface area contributed by atoms with Crippen molar-refractivity contribution in [2.45, 2.75) is 6.92 Å². The number of pyridine rings is 1. The van der Waals surface area contributed by atoms with Gasteiger partial charge in [-0.15, -0.1) is 10.2 Å². The van der Waals surface area contributed by atoms with Crippen molar-refractivity contribution in [1.82, 2.24) is 15.2 Å². The standard InChI is InChI=1S/C8H6ClN3S/c1-5-11-12-8(13-5)6-3-2-4-10-7(6)9/h2-4H,1H3. The van der Waals surface area contributed by atoms with Gasteiger partial charge in [-0.2, -0.15) is 0 Å². The van der Waals surface area contributed by atoms with Crippen LogP contribution in [0.25, 0.3) is 10.6 Å². The normalized spacial score (nSPS) is 10.3. The highest BCUT2D eigenvalue weighted by molar-refractivity contribution is 7.14. The van der Waals surface area contributed by atoms with E-state index in [1.807, 2.05) is 19.1 Å². The third-order valence-corrected chi connectivity index (χ3v) is 2.69. The van der Waals surface area contributed by atoms with E-state index in [0.717, 1.165) is 15.6 Å². The molecule has 0 aliphatic rings. The quantitative estimate of drug-likeness (QED) is 0.681. The van der Waals surface area contributed by atoms with E-state index in [4.69, 9.17) is 11.6 Å². The van der Waals surface area contributed by atoms with Gasteiger partial charge in [0.2, 0.25) is 0 Å². The topological polar surface area (TPSA) is 38.7 Å². The van der Waals surface area contributed by atoms with Crippen molar-refractivity contribution in [3.8, 4) is 10.6 Å². The fourth-order valence-corrected chi connectivity index (χ4v) is 1.93. The number of aromatic nitrogens is 3. The van der Waals surface area contributed by atoms with Gasteiger partial charge >= 0.3 is 0 Å². The first kappa shape index (κ1) is 8.59. The van der Waals surface area contributed by atoms with Crippen LogP contribution in [-0.2, 0) is 0 Å². The lowest BCUT2D eigenvalue weighted by atomic mass is 10.3. The van der Waals surface area contributed by atoms with Crippen molar-refractivity contribution in [1.29, 1.82) is 0 Å². The summed E-state index contributed by atoms with van der Waals surface area (Å²) < 4.78 is 0. The van der Waals surface area contributed by atoms with Crippen LogP contribution in [0.15, 0.2) is 18.3 Å². The molecule has 0 aromatic carbocycles. The lowest BCUT2D eigenvalue weighted by Crippen LogP contribution is -1.81. The van der Waals surface area contributed by atoms with Crippen LogP contribution in [0.5, 0.6) is 0 Å². The van der Waals surface area contributed by atoms with Crippen molar-refractivity contribution in [3.63, 3.8) is 0 Å². The minimum absolute atomic E-state index is 0.471. The second kappa shape index (κ2) is 3.40. The Morgan fingerprint density at radius 1 is 1.38 bits per heavy atom. The van der Waals surface area contributed by atoms with E-state index in [1.54, 1.807) is 6.20 Å². The first-order chi connectivity index (χ1) is 6.27. The number of halogens is 1. The summed E-state index contributed by atoms with van der Waals surface area (Å²) in [4.78, 5) is 3.97. The van der Waals surface area contributed by atoms with E-state index in [-0.39, 0.29) is 0 Å². The zero-order chi connectivity index (χ0) is 9.26. The summed E-state index contributed by atoms with van der Waals surface area (Å²) in [5.41, 5.74) is 0.842. The maximum Gasteiger partial charge on any atom is 0.150 e. The third kappa shape index (κ3) is 1.68. The number of nitrogens with zero attached hydrogens (tertiary/aromatic N) is 3. The molecule has 0 atom stereocenters. The summed E-state index contributed by atoms with van der Waals surface area (Å²) in [5.74, 6) is 0. The van der Waals surface area contributed by atoms with E-state index >= 15 is 0 Å². The molecular formula is C8H6ClN3S. The number of rotatable bonds is 1. The molecule has 0 fully saturated rings. The van der Waals surface area contributed by atoms with Crippen LogP contribution in [-0.4, -0.2) is 15.2 Å². The molecule has 0 radical (unpaired) electrons. The van der Waals surface area contributed by atoms with E-state index in [0.29, 0.717) is 5.15 Å². The van der Waals surface area contributed by atoms with Gasteiger partial charge in [0.05, 0.1) is 0 Å². The van der Waals surface area contributed by atoms with Gasteiger partial charge in [-0.25, -0.2) is 4.98 Å². The molecule has 0 spiro atoms. The second-order valence-electron chi connectivity index (χ2n) is 2.47. The molecule has 66 valence electrons. The molecule has 2 aromatic rings. The Balaban J connectivity index is 2.52. The Bertz CT molecular complexity index is 427. The third-order valence-electron chi connectivity index (χ3n) is 1.52.